The number of pyridine rings is 1. The van der Waals surface area contributed by atoms with Crippen LogP contribution < -0.4 is 5.32 Å². The lowest BCUT2D eigenvalue weighted by Gasteiger charge is -2.01. The van der Waals surface area contributed by atoms with E-state index < -0.39 is 0 Å². The molecule has 0 atom stereocenters. The topological polar surface area (TPSA) is 24.9 Å². The van der Waals surface area contributed by atoms with Crippen LogP contribution in [0.2, 0.25) is 0 Å². The van der Waals surface area contributed by atoms with Gasteiger partial charge in [0.15, 0.2) is 0 Å². The summed E-state index contributed by atoms with van der Waals surface area (Å²) in [7, 11) is 0. The van der Waals surface area contributed by atoms with E-state index in [9.17, 15) is 0 Å². The highest BCUT2D eigenvalue weighted by molar-refractivity contribution is 5.41. The summed E-state index contributed by atoms with van der Waals surface area (Å²) in [5.74, 6) is 0. The van der Waals surface area contributed by atoms with E-state index in [2.05, 4.69) is 30.2 Å². The van der Waals surface area contributed by atoms with E-state index in [-0.39, 0.29) is 0 Å². The first-order valence-electron chi connectivity index (χ1n) is 4.06. The van der Waals surface area contributed by atoms with Crippen LogP contribution in [0.4, 0.5) is 5.69 Å². The van der Waals surface area contributed by atoms with Crippen molar-refractivity contribution in [1.29, 1.82) is 0 Å². The average Bonchev–Trinajstić information content (AvgIpc) is 2.05. The van der Waals surface area contributed by atoms with Crippen LogP contribution in [0.1, 0.15) is 13.8 Å². The molecule has 0 fully saturated rings. The highest BCUT2D eigenvalue weighted by Gasteiger charge is 1.85. The zero-order chi connectivity index (χ0) is 8.81. The van der Waals surface area contributed by atoms with Gasteiger partial charge in [-0.15, -0.1) is 0 Å². The predicted octanol–water partition coefficient (Wildman–Crippen LogP) is 2.46. The molecule has 1 aromatic heterocycles. The van der Waals surface area contributed by atoms with Gasteiger partial charge in [-0.1, -0.05) is 11.6 Å². The standard InChI is InChI=1S/C10H14N2/c1-9(2)3-8-12-10-4-6-11-7-5-10/h3-7H,8H2,1-2H3,(H,11,12). The van der Waals surface area contributed by atoms with Gasteiger partial charge in [0.2, 0.25) is 0 Å². The predicted molar refractivity (Wildman–Crippen MR) is 52.2 cm³/mol. The molecule has 1 N–H and O–H groups in total. The van der Waals surface area contributed by atoms with Crippen molar-refractivity contribution in [1.82, 2.24) is 4.98 Å². The van der Waals surface area contributed by atoms with Gasteiger partial charge in [-0.2, -0.15) is 0 Å². The van der Waals surface area contributed by atoms with Gasteiger partial charge in [-0.25, -0.2) is 0 Å². The molecule has 0 bridgehead atoms. The van der Waals surface area contributed by atoms with E-state index in [4.69, 9.17) is 0 Å². The molecule has 0 unspecified atom stereocenters. The monoisotopic (exact) mass is 162 g/mol. The van der Waals surface area contributed by atoms with E-state index in [1.807, 2.05) is 12.1 Å². The summed E-state index contributed by atoms with van der Waals surface area (Å²) in [6, 6.07) is 3.91. The lowest BCUT2D eigenvalue weighted by molar-refractivity contribution is 1.24. The van der Waals surface area contributed by atoms with Gasteiger partial charge in [0.1, 0.15) is 0 Å². The number of rotatable bonds is 3. The Bertz CT molecular complexity index is 248. The zero-order valence-electron chi connectivity index (χ0n) is 7.54. The summed E-state index contributed by atoms with van der Waals surface area (Å²) in [6.45, 7) is 5.06. The molecule has 1 heterocycles. The molecule has 2 heteroatoms. The third-order valence-corrected chi connectivity index (χ3v) is 1.50. The van der Waals surface area contributed by atoms with Gasteiger partial charge in [-0.3, -0.25) is 4.98 Å². The molecule has 0 saturated heterocycles. The van der Waals surface area contributed by atoms with Crippen LogP contribution in [0.25, 0.3) is 0 Å². The minimum absolute atomic E-state index is 0.881. The Morgan fingerprint density at radius 1 is 1.42 bits per heavy atom. The molecule has 1 aromatic rings. The maximum Gasteiger partial charge on any atom is 0.0373 e. The van der Waals surface area contributed by atoms with Crippen molar-refractivity contribution in [2.75, 3.05) is 11.9 Å². The van der Waals surface area contributed by atoms with Crippen LogP contribution in [0.5, 0.6) is 0 Å². The second-order valence-corrected chi connectivity index (χ2v) is 2.90. The van der Waals surface area contributed by atoms with Gasteiger partial charge in [-0.05, 0) is 26.0 Å². The molecular weight excluding hydrogens is 148 g/mol. The summed E-state index contributed by atoms with van der Waals surface area (Å²) in [5.41, 5.74) is 2.44. The summed E-state index contributed by atoms with van der Waals surface area (Å²) in [6.07, 6.45) is 5.72. The van der Waals surface area contributed by atoms with E-state index >= 15 is 0 Å². The quantitative estimate of drug-likeness (QED) is 0.690. The van der Waals surface area contributed by atoms with Crippen molar-refractivity contribution in [2.45, 2.75) is 13.8 Å². The fourth-order valence-electron chi connectivity index (χ4n) is 0.843. The van der Waals surface area contributed by atoms with Crippen molar-refractivity contribution < 1.29 is 0 Å². The lowest BCUT2D eigenvalue weighted by atomic mass is 10.3. The first-order valence-corrected chi connectivity index (χ1v) is 4.06. The van der Waals surface area contributed by atoms with Crippen molar-refractivity contribution in [3.63, 3.8) is 0 Å². The molecule has 12 heavy (non-hydrogen) atoms. The maximum absolute atomic E-state index is 3.93. The van der Waals surface area contributed by atoms with E-state index in [1.54, 1.807) is 12.4 Å². The normalized spacial score (nSPS) is 9.17. The molecule has 64 valence electrons. The Labute approximate surface area is 73.3 Å². The number of anilines is 1. The van der Waals surface area contributed by atoms with Crippen molar-refractivity contribution in [3.05, 3.63) is 36.2 Å². The smallest absolute Gasteiger partial charge is 0.0373 e. The summed E-state index contributed by atoms with van der Waals surface area (Å²) in [5, 5.41) is 3.26. The Kier molecular flexibility index (Phi) is 3.33. The number of allylic oxidation sites excluding steroid dienone is 1. The summed E-state index contributed by atoms with van der Waals surface area (Å²) in [4.78, 5) is 3.93. The van der Waals surface area contributed by atoms with E-state index in [0.717, 1.165) is 12.2 Å². The lowest BCUT2D eigenvalue weighted by Crippen LogP contribution is -1.98. The maximum atomic E-state index is 3.93. The highest BCUT2D eigenvalue weighted by Crippen LogP contribution is 2.02. The molecule has 2 nitrogen and oxygen atoms in total. The van der Waals surface area contributed by atoms with Crippen LogP contribution in [-0.4, -0.2) is 11.5 Å². The van der Waals surface area contributed by atoms with Gasteiger partial charge in [0, 0.05) is 24.6 Å². The number of nitrogens with one attached hydrogen (secondary N) is 1. The SMILES string of the molecule is CC(C)=CCNc1ccncc1. The molecule has 0 aliphatic heterocycles. The Balaban J connectivity index is 2.39. The van der Waals surface area contributed by atoms with E-state index in [0.29, 0.717) is 0 Å². The van der Waals surface area contributed by atoms with Gasteiger partial charge < -0.3 is 5.32 Å². The van der Waals surface area contributed by atoms with Crippen LogP contribution in [0.15, 0.2) is 36.2 Å². The molecule has 0 aliphatic carbocycles. The largest absolute Gasteiger partial charge is 0.381 e. The molecule has 0 saturated carbocycles. The fourth-order valence-corrected chi connectivity index (χ4v) is 0.843. The Morgan fingerprint density at radius 2 is 2.08 bits per heavy atom. The van der Waals surface area contributed by atoms with Gasteiger partial charge >= 0.3 is 0 Å². The summed E-state index contributed by atoms with van der Waals surface area (Å²) < 4.78 is 0. The minimum Gasteiger partial charge on any atom is -0.381 e. The highest BCUT2D eigenvalue weighted by atomic mass is 14.9. The van der Waals surface area contributed by atoms with Crippen LogP contribution in [-0.2, 0) is 0 Å². The number of nitrogens with zero attached hydrogens (tertiary/aromatic N) is 1. The Hall–Kier alpha value is -1.31. The van der Waals surface area contributed by atoms with E-state index in [1.165, 1.54) is 5.57 Å². The molecule has 0 aromatic carbocycles. The van der Waals surface area contributed by atoms with Gasteiger partial charge in [0.25, 0.3) is 0 Å². The second kappa shape index (κ2) is 4.54. The fraction of sp³-hybridized carbons (Fsp3) is 0.300. The third kappa shape index (κ3) is 3.19. The van der Waals surface area contributed by atoms with Crippen LogP contribution in [0.3, 0.4) is 0 Å². The molecule has 1 rings (SSSR count). The number of hydrogen-bond donors (Lipinski definition) is 1. The van der Waals surface area contributed by atoms with Crippen molar-refractivity contribution in [2.24, 2.45) is 0 Å². The first-order chi connectivity index (χ1) is 5.79. The van der Waals surface area contributed by atoms with Crippen molar-refractivity contribution in [3.8, 4) is 0 Å². The van der Waals surface area contributed by atoms with Gasteiger partial charge in [0.05, 0.1) is 0 Å². The molecule has 0 radical (unpaired) electrons. The Morgan fingerprint density at radius 3 is 2.67 bits per heavy atom. The molecule has 0 aliphatic rings. The average molecular weight is 162 g/mol. The number of hydrogen-bond acceptors (Lipinski definition) is 2. The zero-order valence-corrected chi connectivity index (χ0v) is 7.54. The third-order valence-electron chi connectivity index (χ3n) is 1.50. The summed E-state index contributed by atoms with van der Waals surface area (Å²) >= 11 is 0. The molecule has 0 spiro atoms. The first kappa shape index (κ1) is 8.78. The molecular formula is C10H14N2. The second-order valence-electron chi connectivity index (χ2n) is 2.90. The van der Waals surface area contributed by atoms with Crippen LogP contribution >= 0.6 is 0 Å². The van der Waals surface area contributed by atoms with Crippen molar-refractivity contribution >= 4 is 5.69 Å². The number of aromatic nitrogens is 1. The molecule has 0 amide bonds. The van der Waals surface area contributed by atoms with Crippen LogP contribution in [0, 0.1) is 0 Å². The minimum atomic E-state index is 0.881.